The van der Waals surface area contributed by atoms with Crippen molar-refractivity contribution in [2.45, 2.75) is 24.8 Å². The van der Waals surface area contributed by atoms with Crippen LogP contribution in [0.5, 0.6) is 0 Å². The average Bonchev–Trinajstić information content (AvgIpc) is 3.20. The van der Waals surface area contributed by atoms with Crippen LogP contribution in [0.4, 0.5) is 0 Å². The topological polar surface area (TPSA) is 6.48 Å². The van der Waals surface area contributed by atoms with Crippen LogP contribution in [0.2, 0.25) is 0 Å². The van der Waals surface area contributed by atoms with Crippen molar-refractivity contribution in [1.29, 1.82) is 0 Å². The monoisotopic (exact) mass is 314 g/mol. The molecule has 0 amide bonds. The highest BCUT2D eigenvalue weighted by Gasteiger charge is 2.24. The van der Waals surface area contributed by atoms with Crippen molar-refractivity contribution in [3.63, 3.8) is 0 Å². The summed E-state index contributed by atoms with van der Waals surface area (Å²) in [5, 5.41) is 4.48. The third-order valence-electron chi connectivity index (χ3n) is 4.81. The minimum Gasteiger partial charge on any atom is -0.303 e. The highest BCUT2D eigenvalue weighted by Crippen LogP contribution is 2.29. The van der Waals surface area contributed by atoms with E-state index in [1.54, 1.807) is 11.3 Å². The quantitative estimate of drug-likeness (QED) is 0.787. The lowest BCUT2D eigenvalue weighted by atomic mass is 9.99. The average molecular weight is 314 g/mol. The molecule has 0 spiro atoms. The summed E-state index contributed by atoms with van der Waals surface area (Å²) in [7, 11) is 4.39. The maximum atomic E-state index is 2.64. The van der Waals surface area contributed by atoms with Gasteiger partial charge in [0.05, 0.1) is 0 Å². The largest absolute Gasteiger partial charge is 0.303 e. The third-order valence-corrected chi connectivity index (χ3v) is 5.51. The number of likely N-dealkylation sites (tertiary alicyclic amines) is 1. The van der Waals surface area contributed by atoms with Crippen molar-refractivity contribution in [2.24, 2.45) is 0 Å². The van der Waals surface area contributed by atoms with Crippen LogP contribution in [-0.4, -0.2) is 43.5 Å². The minimum atomic E-state index is 0.544. The first kappa shape index (κ1) is 15.7. The number of rotatable bonds is 6. The normalized spacial score (nSPS) is 20.6. The van der Waals surface area contributed by atoms with E-state index in [-0.39, 0.29) is 0 Å². The molecule has 2 heterocycles. The van der Waals surface area contributed by atoms with Crippen LogP contribution in [0.3, 0.4) is 0 Å². The van der Waals surface area contributed by atoms with E-state index < -0.39 is 0 Å². The first-order chi connectivity index (χ1) is 10.7. The summed E-state index contributed by atoms with van der Waals surface area (Å²) in [6, 6.07) is 13.8. The number of hydrogen-bond acceptors (Lipinski definition) is 3. The molecule has 0 bridgehead atoms. The lowest BCUT2D eigenvalue weighted by molar-refractivity contribution is 0.238. The zero-order valence-corrected chi connectivity index (χ0v) is 14.4. The van der Waals surface area contributed by atoms with Gasteiger partial charge in [-0.2, -0.15) is 11.3 Å². The highest BCUT2D eigenvalue weighted by atomic mass is 32.1. The Kier molecular flexibility index (Phi) is 5.29. The molecule has 3 heteroatoms. The van der Waals surface area contributed by atoms with Crippen molar-refractivity contribution in [3.8, 4) is 0 Å². The molecular weight excluding hydrogens is 288 g/mol. The fourth-order valence-electron chi connectivity index (χ4n) is 3.53. The Bertz CT molecular complexity index is 550. The van der Waals surface area contributed by atoms with E-state index >= 15 is 0 Å². The molecule has 2 atom stereocenters. The van der Waals surface area contributed by atoms with Crippen LogP contribution in [0.1, 0.15) is 35.9 Å². The first-order valence-electron chi connectivity index (χ1n) is 8.20. The molecule has 0 saturated carbocycles. The third kappa shape index (κ3) is 3.78. The van der Waals surface area contributed by atoms with E-state index in [9.17, 15) is 0 Å². The van der Waals surface area contributed by atoms with Crippen LogP contribution in [0.25, 0.3) is 0 Å². The fraction of sp³-hybridized carbons (Fsp3) is 0.474. The Morgan fingerprint density at radius 2 is 2.05 bits per heavy atom. The summed E-state index contributed by atoms with van der Waals surface area (Å²) in [6.07, 6.45) is 2.51. The van der Waals surface area contributed by atoms with Gasteiger partial charge < -0.3 is 9.80 Å². The highest BCUT2D eigenvalue weighted by molar-refractivity contribution is 7.07. The molecule has 22 heavy (non-hydrogen) atoms. The van der Waals surface area contributed by atoms with Crippen molar-refractivity contribution in [1.82, 2.24) is 9.80 Å². The summed E-state index contributed by atoms with van der Waals surface area (Å²) in [6.45, 7) is 3.65. The molecule has 0 N–H and O–H groups in total. The first-order valence-corrected chi connectivity index (χ1v) is 9.14. The molecule has 1 fully saturated rings. The maximum absolute atomic E-state index is 2.64. The van der Waals surface area contributed by atoms with Gasteiger partial charge in [-0.3, -0.25) is 0 Å². The van der Waals surface area contributed by atoms with E-state index in [4.69, 9.17) is 0 Å². The predicted molar refractivity (Wildman–Crippen MR) is 95.6 cm³/mol. The van der Waals surface area contributed by atoms with E-state index in [0.29, 0.717) is 6.04 Å². The fourth-order valence-corrected chi connectivity index (χ4v) is 4.23. The van der Waals surface area contributed by atoms with Gasteiger partial charge in [0.2, 0.25) is 0 Å². The summed E-state index contributed by atoms with van der Waals surface area (Å²) < 4.78 is 0. The van der Waals surface area contributed by atoms with E-state index in [0.717, 1.165) is 5.92 Å². The van der Waals surface area contributed by atoms with Crippen LogP contribution in [-0.2, 0) is 0 Å². The van der Waals surface area contributed by atoms with Gasteiger partial charge in [0.15, 0.2) is 0 Å². The molecule has 2 aromatic rings. The Morgan fingerprint density at radius 1 is 1.23 bits per heavy atom. The molecule has 0 aliphatic carbocycles. The van der Waals surface area contributed by atoms with Crippen LogP contribution < -0.4 is 0 Å². The van der Waals surface area contributed by atoms with Gasteiger partial charge in [-0.1, -0.05) is 30.3 Å². The van der Waals surface area contributed by atoms with Gasteiger partial charge >= 0.3 is 0 Å². The minimum absolute atomic E-state index is 0.544. The van der Waals surface area contributed by atoms with Gasteiger partial charge in [-0.25, -0.2) is 0 Å². The van der Waals surface area contributed by atoms with E-state index in [2.05, 4.69) is 71.1 Å². The second-order valence-electron chi connectivity index (χ2n) is 6.52. The smallest absolute Gasteiger partial charge is 0.0362 e. The summed E-state index contributed by atoms with van der Waals surface area (Å²) in [4.78, 5) is 4.99. The molecule has 118 valence electrons. The number of benzene rings is 1. The zero-order chi connectivity index (χ0) is 15.4. The molecule has 3 rings (SSSR count). The summed E-state index contributed by atoms with van der Waals surface area (Å²) in [5.74, 6) is 0.722. The van der Waals surface area contributed by atoms with Crippen molar-refractivity contribution in [3.05, 3.63) is 58.3 Å². The van der Waals surface area contributed by atoms with E-state index in [1.165, 1.54) is 43.6 Å². The molecule has 1 aromatic heterocycles. The molecular formula is C19H26N2S. The van der Waals surface area contributed by atoms with Gasteiger partial charge in [0.25, 0.3) is 0 Å². The van der Waals surface area contributed by atoms with Crippen LogP contribution >= 0.6 is 11.3 Å². The van der Waals surface area contributed by atoms with Gasteiger partial charge in [0, 0.05) is 12.6 Å². The Balaban J connectivity index is 1.54. The number of hydrogen-bond donors (Lipinski definition) is 0. The zero-order valence-electron chi connectivity index (χ0n) is 13.6. The van der Waals surface area contributed by atoms with Gasteiger partial charge in [-0.05, 0) is 73.9 Å². The molecule has 1 aromatic carbocycles. The SMILES string of the molecule is CN(C)[C@H](CCN1CC[C@H](c2ccccc2)C1)c1ccsc1. The van der Waals surface area contributed by atoms with Crippen LogP contribution in [0, 0.1) is 0 Å². The second kappa shape index (κ2) is 7.40. The Hall–Kier alpha value is -1.16. The Morgan fingerprint density at radius 3 is 2.73 bits per heavy atom. The summed E-state index contributed by atoms with van der Waals surface area (Å²) >= 11 is 1.80. The standard InChI is InChI=1S/C19H26N2S/c1-20(2)19(18-10-13-22-15-18)9-12-21-11-8-17(14-21)16-6-4-3-5-7-16/h3-7,10,13,15,17,19H,8-9,11-12,14H2,1-2H3/t17-,19+/m0/s1. The van der Waals surface area contributed by atoms with Crippen LogP contribution in [0.15, 0.2) is 47.2 Å². The molecule has 2 nitrogen and oxygen atoms in total. The van der Waals surface area contributed by atoms with Gasteiger partial charge in [-0.15, -0.1) is 0 Å². The molecule has 1 aliphatic heterocycles. The predicted octanol–water partition coefficient (Wildman–Crippen LogP) is 4.23. The summed E-state index contributed by atoms with van der Waals surface area (Å²) in [5.41, 5.74) is 2.97. The van der Waals surface area contributed by atoms with Gasteiger partial charge in [0.1, 0.15) is 0 Å². The lowest BCUT2D eigenvalue weighted by Gasteiger charge is -2.26. The lowest BCUT2D eigenvalue weighted by Crippen LogP contribution is -2.27. The van der Waals surface area contributed by atoms with Crippen molar-refractivity contribution in [2.75, 3.05) is 33.7 Å². The second-order valence-corrected chi connectivity index (χ2v) is 7.30. The molecule has 1 aliphatic rings. The van der Waals surface area contributed by atoms with E-state index in [1.807, 2.05) is 0 Å². The molecule has 0 unspecified atom stereocenters. The molecule has 0 radical (unpaired) electrons. The van der Waals surface area contributed by atoms with Crippen molar-refractivity contribution < 1.29 is 0 Å². The number of thiophene rings is 1. The maximum Gasteiger partial charge on any atom is 0.0362 e. The molecule has 1 saturated heterocycles. The Labute approximate surface area is 138 Å². The number of nitrogens with zero attached hydrogens (tertiary/aromatic N) is 2. The van der Waals surface area contributed by atoms with Crippen molar-refractivity contribution >= 4 is 11.3 Å².